The van der Waals surface area contributed by atoms with E-state index in [1.165, 1.54) is 13.4 Å². The smallest absolute Gasteiger partial charge is 0.308 e. The van der Waals surface area contributed by atoms with Crippen LogP contribution in [0, 0.1) is 0 Å². The molecule has 22 heavy (non-hydrogen) atoms. The maximum atomic E-state index is 11.2. The van der Waals surface area contributed by atoms with Gasteiger partial charge in [0.2, 0.25) is 0 Å². The Bertz CT molecular complexity index is 646. The van der Waals surface area contributed by atoms with Gasteiger partial charge in [-0.15, -0.1) is 0 Å². The van der Waals surface area contributed by atoms with Gasteiger partial charge in [0, 0.05) is 5.56 Å². The van der Waals surface area contributed by atoms with Gasteiger partial charge in [-0.2, -0.15) is 0 Å². The Morgan fingerprint density at radius 3 is 2.50 bits per heavy atom. The van der Waals surface area contributed by atoms with Gasteiger partial charge in [-0.3, -0.25) is 4.79 Å². The molecule has 0 fully saturated rings. The molecular weight excluding hydrogens is 288 g/mol. The average Bonchev–Trinajstić information content (AvgIpc) is 3.04. The summed E-state index contributed by atoms with van der Waals surface area (Å²) in [5.74, 6) is 1.02. The van der Waals surface area contributed by atoms with Gasteiger partial charge in [0.05, 0.1) is 34.0 Å². The van der Waals surface area contributed by atoms with Crippen LogP contribution in [-0.2, 0) is 9.53 Å². The van der Waals surface area contributed by atoms with Crippen molar-refractivity contribution in [2.24, 2.45) is 0 Å². The van der Waals surface area contributed by atoms with Crippen molar-refractivity contribution in [1.82, 2.24) is 0 Å². The van der Waals surface area contributed by atoms with Crippen LogP contribution in [0.15, 0.2) is 34.9 Å². The lowest BCUT2D eigenvalue weighted by Crippen LogP contribution is -2.07. The molecule has 0 aliphatic rings. The number of hydrogen-bond acceptors (Lipinski definition) is 6. The van der Waals surface area contributed by atoms with Crippen LogP contribution >= 0.6 is 0 Å². The highest BCUT2D eigenvalue weighted by atomic mass is 16.5. The molecule has 1 aromatic heterocycles. The summed E-state index contributed by atoms with van der Waals surface area (Å²) in [6, 6.07) is 7.11. The van der Waals surface area contributed by atoms with Crippen molar-refractivity contribution >= 4 is 5.97 Å². The Balaban J connectivity index is 2.22. The molecule has 0 spiro atoms. The molecule has 6 nitrogen and oxygen atoms in total. The van der Waals surface area contributed by atoms with E-state index in [0.29, 0.717) is 17.3 Å². The van der Waals surface area contributed by atoms with Gasteiger partial charge in [0.15, 0.2) is 11.5 Å². The number of benzene rings is 1. The predicted molar refractivity (Wildman–Crippen MR) is 78.8 cm³/mol. The van der Waals surface area contributed by atoms with E-state index in [1.54, 1.807) is 32.4 Å². The Hall–Kier alpha value is -2.47. The second-order valence-corrected chi connectivity index (χ2v) is 4.60. The quantitative estimate of drug-likeness (QED) is 0.826. The number of esters is 1. The molecule has 0 saturated carbocycles. The third kappa shape index (κ3) is 3.40. The Morgan fingerprint density at radius 1 is 1.14 bits per heavy atom. The summed E-state index contributed by atoms with van der Waals surface area (Å²) < 4.78 is 20.3. The van der Waals surface area contributed by atoms with Crippen LogP contribution in [0.4, 0.5) is 0 Å². The number of furan rings is 1. The summed E-state index contributed by atoms with van der Waals surface area (Å²) in [4.78, 5) is 11.2. The van der Waals surface area contributed by atoms with E-state index in [2.05, 4.69) is 4.74 Å². The van der Waals surface area contributed by atoms with Crippen molar-refractivity contribution in [3.63, 3.8) is 0 Å². The number of ether oxygens (including phenoxy) is 3. The molecule has 2 aromatic rings. The van der Waals surface area contributed by atoms with Gasteiger partial charge in [-0.25, -0.2) is 0 Å². The highest BCUT2D eigenvalue weighted by molar-refractivity contribution is 5.70. The molecular formula is C16H18O6. The molecule has 1 unspecified atom stereocenters. The van der Waals surface area contributed by atoms with Crippen molar-refractivity contribution in [1.29, 1.82) is 0 Å². The molecule has 0 bridgehead atoms. The molecule has 1 aromatic carbocycles. The number of carbonyl (C=O) groups is 1. The Labute approximate surface area is 128 Å². The fourth-order valence-electron chi connectivity index (χ4n) is 2.04. The summed E-state index contributed by atoms with van der Waals surface area (Å²) in [5, 5.41) is 9.93. The van der Waals surface area contributed by atoms with Crippen molar-refractivity contribution in [2.45, 2.75) is 12.5 Å². The molecule has 0 radical (unpaired) electrons. The van der Waals surface area contributed by atoms with Crippen molar-refractivity contribution in [2.75, 3.05) is 21.3 Å². The molecule has 1 heterocycles. The first-order valence-corrected chi connectivity index (χ1v) is 6.64. The van der Waals surface area contributed by atoms with Crippen molar-refractivity contribution in [3.05, 3.63) is 36.3 Å². The van der Waals surface area contributed by atoms with Gasteiger partial charge in [0.1, 0.15) is 11.9 Å². The first-order chi connectivity index (χ1) is 10.6. The van der Waals surface area contributed by atoms with E-state index < -0.39 is 12.1 Å². The van der Waals surface area contributed by atoms with Gasteiger partial charge >= 0.3 is 5.97 Å². The summed E-state index contributed by atoms with van der Waals surface area (Å²) in [5.41, 5.74) is 1.61. The maximum Gasteiger partial charge on any atom is 0.308 e. The van der Waals surface area contributed by atoms with E-state index in [4.69, 9.17) is 13.9 Å². The monoisotopic (exact) mass is 306 g/mol. The minimum Gasteiger partial charge on any atom is -0.493 e. The fourth-order valence-corrected chi connectivity index (χ4v) is 2.04. The van der Waals surface area contributed by atoms with Gasteiger partial charge in [-0.05, 0) is 23.8 Å². The number of aliphatic hydroxyl groups is 1. The topological polar surface area (TPSA) is 78.1 Å². The highest BCUT2D eigenvalue weighted by Gasteiger charge is 2.18. The number of hydrogen-bond donors (Lipinski definition) is 1. The Morgan fingerprint density at radius 2 is 1.86 bits per heavy atom. The third-order valence-electron chi connectivity index (χ3n) is 3.25. The second-order valence-electron chi connectivity index (χ2n) is 4.60. The lowest BCUT2D eigenvalue weighted by Gasteiger charge is -2.08. The molecule has 2 rings (SSSR count). The third-order valence-corrected chi connectivity index (χ3v) is 3.25. The van der Waals surface area contributed by atoms with Crippen LogP contribution < -0.4 is 9.47 Å². The first kappa shape index (κ1) is 15.9. The van der Waals surface area contributed by atoms with E-state index in [9.17, 15) is 9.90 Å². The predicted octanol–water partition coefficient (Wildman–Crippen LogP) is 2.56. The lowest BCUT2D eigenvalue weighted by atomic mass is 10.1. The minimum absolute atomic E-state index is 0.157. The summed E-state index contributed by atoms with van der Waals surface area (Å²) in [7, 11) is 4.39. The summed E-state index contributed by atoms with van der Waals surface area (Å²) in [6.07, 6.45) is 0.313. The van der Waals surface area contributed by atoms with Crippen LogP contribution in [0.5, 0.6) is 11.5 Å². The van der Waals surface area contributed by atoms with Crippen LogP contribution in [-0.4, -0.2) is 32.4 Å². The fraction of sp³-hybridized carbons (Fsp3) is 0.312. The molecule has 0 aliphatic heterocycles. The van der Waals surface area contributed by atoms with E-state index in [-0.39, 0.29) is 6.42 Å². The largest absolute Gasteiger partial charge is 0.493 e. The summed E-state index contributed by atoms with van der Waals surface area (Å²) in [6.45, 7) is 0. The van der Waals surface area contributed by atoms with Gasteiger partial charge < -0.3 is 23.7 Å². The highest BCUT2D eigenvalue weighted by Crippen LogP contribution is 2.34. The molecule has 0 amide bonds. The lowest BCUT2D eigenvalue weighted by molar-refractivity contribution is -0.143. The molecule has 1 N–H and O–H groups in total. The van der Waals surface area contributed by atoms with Crippen LogP contribution in [0.25, 0.3) is 11.1 Å². The molecule has 6 heteroatoms. The molecule has 1 atom stereocenters. The van der Waals surface area contributed by atoms with E-state index in [0.717, 1.165) is 11.1 Å². The van der Waals surface area contributed by atoms with Crippen molar-refractivity contribution in [3.8, 4) is 22.6 Å². The standard InChI is InChI=1S/C16H18O6/c1-19-13-5-4-10(6-15(13)20-2)11-7-14(22-9-11)12(17)8-16(18)21-3/h4-7,9,12,17H,8H2,1-3H3. The maximum absolute atomic E-state index is 11.2. The van der Waals surface area contributed by atoms with Crippen LogP contribution in [0.3, 0.4) is 0 Å². The first-order valence-electron chi connectivity index (χ1n) is 6.64. The van der Waals surface area contributed by atoms with Crippen LogP contribution in [0.1, 0.15) is 18.3 Å². The Kier molecular flexibility index (Phi) is 5.06. The molecule has 118 valence electrons. The minimum atomic E-state index is -1.04. The van der Waals surface area contributed by atoms with Crippen molar-refractivity contribution < 1.29 is 28.5 Å². The zero-order valence-corrected chi connectivity index (χ0v) is 12.7. The van der Waals surface area contributed by atoms with E-state index in [1.807, 2.05) is 6.07 Å². The zero-order valence-electron chi connectivity index (χ0n) is 12.7. The number of aliphatic hydroxyl groups excluding tert-OH is 1. The summed E-state index contributed by atoms with van der Waals surface area (Å²) >= 11 is 0. The van der Waals surface area contributed by atoms with E-state index >= 15 is 0 Å². The number of carbonyl (C=O) groups excluding carboxylic acids is 1. The van der Waals surface area contributed by atoms with Crippen LogP contribution in [0.2, 0.25) is 0 Å². The SMILES string of the molecule is COC(=O)CC(O)c1cc(-c2ccc(OC)c(OC)c2)co1. The number of methoxy groups -OCH3 is 3. The average molecular weight is 306 g/mol. The second kappa shape index (κ2) is 7.00. The molecule has 0 aliphatic carbocycles. The van der Waals surface area contributed by atoms with Gasteiger partial charge in [0.25, 0.3) is 0 Å². The van der Waals surface area contributed by atoms with Gasteiger partial charge in [-0.1, -0.05) is 6.07 Å². The normalized spacial score (nSPS) is 11.8. The molecule has 0 saturated heterocycles. The number of rotatable bonds is 6. The zero-order chi connectivity index (χ0) is 16.1.